The molecule has 1 saturated carbocycles. The van der Waals surface area contributed by atoms with Crippen molar-refractivity contribution in [3.63, 3.8) is 0 Å². The molecule has 1 N–H and O–H groups in total. The Bertz CT molecular complexity index is 735. The summed E-state index contributed by atoms with van der Waals surface area (Å²) in [6.07, 6.45) is 6.08. The van der Waals surface area contributed by atoms with Crippen LogP contribution in [0.2, 0.25) is 0 Å². The molecule has 1 aliphatic heterocycles. The molecule has 2 aliphatic rings. The minimum absolute atomic E-state index is 0.0412. The summed E-state index contributed by atoms with van der Waals surface area (Å²) in [5.74, 6) is 1.43. The van der Waals surface area contributed by atoms with Gasteiger partial charge >= 0.3 is 0 Å². The lowest BCUT2D eigenvalue weighted by Gasteiger charge is -2.39. The van der Waals surface area contributed by atoms with Crippen LogP contribution in [0.3, 0.4) is 0 Å². The van der Waals surface area contributed by atoms with E-state index >= 15 is 0 Å². The van der Waals surface area contributed by atoms with Crippen LogP contribution in [0.1, 0.15) is 75.7 Å². The fourth-order valence-electron chi connectivity index (χ4n) is 3.63. The highest BCUT2D eigenvalue weighted by molar-refractivity contribution is 6.04. The van der Waals surface area contributed by atoms with Gasteiger partial charge in [-0.05, 0) is 64.7 Å². The monoisotopic (exact) mass is 372 g/mol. The predicted octanol–water partition coefficient (Wildman–Crippen LogP) is 4.22. The van der Waals surface area contributed by atoms with E-state index in [1.54, 1.807) is 0 Å². The van der Waals surface area contributed by atoms with E-state index in [-0.39, 0.29) is 17.9 Å². The first-order valence-corrected chi connectivity index (χ1v) is 10.2. The topological polar surface area (TPSA) is 58.6 Å². The van der Waals surface area contributed by atoms with E-state index in [9.17, 15) is 9.59 Å². The van der Waals surface area contributed by atoms with Gasteiger partial charge in [-0.1, -0.05) is 25.7 Å². The second-order valence-corrected chi connectivity index (χ2v) is 8.77. The zero-order valence-electron chi connectivity index (χ0n) is 17.2. The van der Waals surface area contributed by atoms with Crippen molar-refractivity contribution >= 4 is 17.5 Å². The normalized spacial score (nSPS) is 18.3. The first kappa shape index (κ1) is 19.7. The number of hydrogen-bond donors (Lipinski definition) is 1. The lowest BCUT2D eigenvalue weighted by atomic mass is 9.99. The summed E-state index contributed by atoms with van der Waals surface area (Å²) >= 11 is 0. The van der Waals surface area contributed by atoms with Crippen LogP contribution in [-0.4, -0.2) is 30.0 Å². The van der Waals surface area contributed by atoms with Gasteiger partial charge in [-0.15, -0.1) is 0 Å². The maximum atomic E-state index is 13.0. The Balaban J connectivity index is 1.86. The van der Waals surface area contributed by atoms with E-state index in [1.165, 1.54) is 19.3 Å². The number of hydrogen-bond acceptors (Lipinski definition) is 3. The maximum absolute atomic E-state index is 13.0. The highest BCUT2D eigenvalue weighted by Gasteiger charge is 2.41. The molecule has 1 aromatic rings. The lowest BCUT2D eigenvalue weighted by Crippen LogP contribution is -2.52. The number of ether oxygens (including phenoxy) is 1. The standard InChI is InChI=1S/C22H32N2O3/c1-14(2)23-20(25)17-13-18-19(12-15(17)3)27-22(4,5)21(26)24(18)11-7-6-8-16-9-10-16/h12-14,16H,6-11H2,1-5H3,(H,23,25). The van der Waals surface area contributed by atoms with E-state index in [1.807, 2.05) is 51.7 Å². The van der Waals surface area contributed by atoms with Gasteiger partial charge in [0.25, 0.3) is 11.8 Å². The third-order valence-corrected chi connectivity index (χ3v) is 5.33. The molecular formula is C22H32N2O3. The molecule has 0 spiro atoms. The van der Waals surface area contributed by atoms with Gasteiger partial charge < -0.3 is 15.0 Å². The summed E-state index contributed by atoms with van der Waals surface area (Å²) in [5, 5.41) is 2.94. The van der Waals surface area contributed by atoms with Crippen molar-refractivity contribution in [3.8, 4) is 5.75 Å². The average molecular weight is 373 g/mol. The van der Waals surface area contributed by atoms with Gasteiger partial charge in [-0.2, -0.15) is 0 Å². The number of fused-ring (bicyclic) bond motifs is 1. The Morgan fingerprint density at radius 2 is 2.00 bits per heavy atom. The Labute approximate surface area is 162 Å². The molecule has 0 saturated heterocycles. The second kappa shape index (κ2) is 7.53. The molecule has 5 nitrogen and oxygen atoms in total. The Kier molecular flexibility index (Phi) is 5.50. The fourth-order valence-corrected chi connectivity index (χ4v) is 3.63. The smallest absolute Gasteiger partial charge is 0.270 e. The van der Waals surface area contributed by atoms with Crippen LogP contribution in [0.15, 0.2) is 12.1 Å². The number of aryl methyl sites for hydroxylation is 1. The molecule has 0 unspecified atom stereocenters. The Morgan fingerprint density at radius 1 is 1.30 bits per heavy atom. The second-order valence-electron chi connectivity index (χ2n) is 8.77. The number of carbonyl (C=O) groups excluding carboxylic acids is 2. The number of carbonyl (C=O) groups is 2. The number of amides is 2. The van der Waals surface area contributed by atoms with Crippen molar-refractivity contribution in [2.75, 3.05) is 11.4 Å². The van der Waals surface area contributed by atoms with Crippen LogP contribution in [-0.2, 0) is 4.79 Å². The molecule has 0 aromatic heterocycles. The molecule has 27 heavy (non-hydrogen) atoms. The molecule has 148 valence electrons. The SMILES string of the molecule is Cc1cc2c(cc1C(=O)NC(C)C)N(CCCCC1CC1)C(=O)C(C)(C)O2. The summed E-state index contributed by atoms with van der Waals surface area (Å²) in [6, 6.07) is 3.76. The highest BCUT2D eigenvalue weighted by atomic mass is 16.5. The molecule has 0 radical (unpaired) electrons. The van der Waals surface area contributed by atoms with Crippen molar-refractivity contribution in [2.45, 2.75) is 78.4 Å². The minimum atomic E-state index is -0.891. The summed E-state index contributed by atoms with van der Waals surface area (Å²) in [6.45, 7) is 10.1. The summed E-state index contributed by atoms with van der Waals surface area (Å²) in [4.78, 5) is 27.4. The molecule has 0 atom stereocenters. The molecule has 1 fully saturated rings. The van der Waals surface area contributed by atoms with Crippen molar-refractivity contribution in [1.29, 1.82) is 0 Å². The minimum Gasteiger partial charge on any atom is -0.476 e. The first-order chi connectivity index (χ1) is 12.7. The average Bonchev–Trinajstić information content (AvgIpc) is 3.37. The summed E-state index contributed by atoms with van der Waals surface area (Å²) in [7, 11) is 0. The first-order valence-electron chi connectivity index (χ1n) is 10.2. The molecule has 1 aromatic carbocycles. The molecule has 1 aliphatic carbocycles. The quantitative estimate of drug-likeness (QED) is 0.729. The Hall–Kier alpha value is -2.04. The largest absolute Gasteiger partial charge is 0.476 e. The third-order valence-electron chi connectivity index (χ3n) is 5.33. The van der Waals surface area contributed by atoms with E-state index < -0.39 is 5.60 Å². The van der Waals surface area contributed by atoms with E-state index in [2.05, 4.69) is 5.32 Å². The van der Waals surface area contributed by atoms with Crippen LogP contribution in [0.5, 0.6) is 5.75 Å². The molecule has 1 heterocycles. The summed E-state index contributed by atoms with van der Waals surface area (Å²) in [5.41, 5.74) is 1.27. The van der Waals surface area contributed by atoms with Gasteiger partial charge in [-0.3, -0.25) is 9.59 Å². The number of nitrogens with one attached hydrogen (secondary N) is 1. The molecule has 5 heteroatoms. The van der Waals surface area contributed by atoms with E-state index in [4.69, 9.17) is 4.74 Å². The predicted molar refractivity (Wildman–Crippen MR) is 107 cm³/mol. The zero-order chi connectivity index (χ0) is 19.8. The maximum Gasteiger partial charge on any atom is 0.270 e. The number of nitrogens with zero attached hydrogens (tertiary/aromatic N) is 1. The zero-order valence-corrected chi connectivity index (χ0v) is 17.2. The number of benzene rings is 1. The van der Waals surface area contributed by atoms with Crippen LogP contribution < -0.4 is 15.0 Å². The number of anilines is 1. The van der Waals surface area contributed by atoms with Crippen LogP contribution in [0.25, 0.3) is 0 Å². The van der Waals surface area contributed by atoms with Crippen LogP contribution in [0.4, 0.5) is 5.69 Å². The van der Waals surface area contributed by atoms with Gasteiger partial charge in [-0.25, -0.2) is 0 Å². The van der Waals surface area contributed by atoms with Crippen LogP contribution >= 0.6 is 0 Å². The van der Waals surface area contributed by atoms with E-state index in [0.29, 0.717) is 23.5 Å². The Morgan fingerprint density at radius 3 is 2.63 bits per heavy atom. The van der Waals surface area contributed by atoms with E-state index in [0.717, 1.165) is 24.3 Å². The van der Waals surface area contributed by atoms with Crippen molar-refractivity contribution in [1.82, 2.24) is 5.32 Å². The van der Waals surface area contributed by atoms with Gasteiger partial charge in [0.1, 0.15) is 5.75 Å². The molecular weight excluding hydrogens is 340 g/mol. The number of unbranched alkanes of at least 4 members (excludes halogenated alkanes) is 1. The summed E-state index contributed by atoms with van der Waals surface area (Å²) < 4.78 is 5.99. The van der Waals surface area contributed by atoms with Crippen molar-refractivity contribution in [3.05, 3.63) is 23.3 Å². The van der Waals surface area contributed by atoms with Gasteiger partial charge in [0.05, 0.1) is 5.69 Å². The van der Waals surface area contributed by atoms with Gasteiger partial charge in [0, 0.05) is 18.2 Å². The lowest BCUT2D eigenvalue weighted by molar-refractivity contribution is -0.132. The molecule has 0 bridgehead atoms. The highest BCUT2D eigenvalue weighted by Crippen LogP contribution is 2.40. The van der Waals surface area contributed by atoms with Gasteiger partial charge in [0.2, 0.25) is 0 Å². The fraction of sp³-hybridized carbons (Fsp3) is 0.636. The van der Waals surface area contributed by atoms with Gasteiger partial charge in [0.15, 0.2) is 5.60 Å². The van der Waals surface area contributed by atoms with Crippen LogP contribution in [0, 0.1) is 12.8 Å². The van der Waals surface area contributed by atoms with Crippen molar-refractivity contribution in [2.24, 2.45) is 5.92 Å². The third kappa shape index (κ3) is 4.45. The number of rotatable bonds is 7. The van der Waals surface area contributed by atoms with Crippen molar-refractivity contribution < 1.29 is 14.3 Å². The molecule has 3 rings (SSSR count). The molecule has 2 amide bonds.